The number of amides is 1. The summed E-state index contributed by atoms with van der Waals surface area (Å²) in [6, 6.07) is 25.2. The highest BCUT2D eigenvalue weighted by Crippen LogP contribution is 2.43. The molecule has 5 rings (SSSR count). The summed E-state index contributed by atoms with van der Waals surface area (Å²) in [5.74, 6) is 0.0652. The van der Waals surface area contributed by atoms with E-state index in [4.69, 9.17) is 0 Å². The zero-order valence-corrected chi connectivity index (χ0v) is 23.3. The Kier molecular flexibility index (Phi) is 9.34. The second-order valence-corrected chi connectivity index (χ2v) is 11.6. The highest BCUT2D eigenvalue weighted by Gasteiger charge is 2.29. The summed E-state index contributed by atoms with van der Waals surface area (Å²) in [4.78, 5) is 20.3. The minimum atomic E-state index is 0.0652. The topological polar surface area (TPSA) is 35.6 Å². The molecule has 0 radical (unpaired) electrons. The number of nitrogens with zero attached hydrogens (tertiary/aromatic N) is 2. The lowest BCUT2D eigenvalue weighted by molar-refractivity contribution is -0.114. The number of fused-ring (bicyclic) bond motifs is 1. The SMILES string of the molecule is Cc1cccc(CN2C(=O)/C(=C/c3ccccc3)Sc3ccc(CNCCCN4CCCCCC4)cc32)c1. The van der Waals surface area contributed by atoms with E-state index in [2.05, 4.69) is 59.6 Å². The first-order chi connectivity index (χ1) is 18.7. The van der Waals surface area contributed by atoms with Crippen molar-refractivity contribution in [1.29, 1.82) is 0 Å². The van der Waals surface area contributed by atoms with Crippen LogP contribution in [0.4, 0.5) is 5.69 Å². The standard InChI is InChI=1S/C33H39N3OS/c1-26-11-9-14-29(21-26)25-36-30-22-28(24-34-17-10-20-35-18-7-2-3-8-19-35)15-16-31(30)38-32(33(36)37)23-27-12-5-4-6-13-27/h4-6,9,11-16,21-23,34H,2-3,7-8,10,17-20,24-25H2,1H3/b32-23-. The number of hydrogen-bond donors (Lipinski definition) is 1. The first kappa shape index (κ1) is 26.7. The first-order valence-electron chi connectivity index (χ1n) is 14.0. The highest BCUT2D eigenvalue weighted by molar-refractivity contribution is 8.04. The van der Waals surface area contributed by atoms with Crippen LogP contribution in [0.3, 0.4) is 0 Å². The summed E-state index contributed by atoms with van der Waals surface area (Å²) in [5.41, 5.74) is 5.63. The lowest BCUT2D eigenvalue weighted by Crippen LogP contribution is -2.34. The molecule has 38 heavy (non-hydrogen) atoms. The molecule has 0 aliphatic carbocycles. The summed E-state index contributed by atoms with van der Waals surface area (Å²) in [5, 5.41) is 3.64. The van der Waals surface area contributed by atoms with Gasteiger partial charge in [-0.25, -0.2) is 0 Å². The van der Waals surface area contributed by atoms with Crippen molar-refractivity contribution in [3.63, 3.8) is 0 Å². The van der Waals surface area contributed by atoms with E-state index in [-0.39, 0.29) is 5.91 Å². The zero-order chi connectivity index (χ0) is 26.2. The van der Waals surface area contributed by atoms with Crippen LogP contribution in [-0.2, 0) is 17.9 Å². The van der Waals surface area contributed by atoms with Gasteiger partial charge in [0, 0.05) is 11.4 Å². The summed E-state index contributed by atoms with van der Waals surface area (Å²) < 4.78 is 0. The van der Waals surface area contributed by atoms with Gasteiger partial charge in [0.2, 0.25) is 0 Å². The maximum absolute atomic E-state index is 13.8. The van der Waals surface area contributed by atoms with Crippen molar-refractivity contribution >= 4 is 29.4 Å². The zero-order valence-electron chi connectivity index (χ0n) is 22.5. The van der Waals surface area contributed by atoms with Crippen LogP contribution >= 0.6 is 11.8 Å². The lowest BCUT2D eigenvalue weighted by Gasteiger charge is -2.31. The van der Waals surface area contributed by atoms with Crippen molar-refractivity contribution in [2.24, 2.45) is 0 Å². The van der Waals surface area contributed by atoms with Crippen LogP contribution < -0.4 is 10.2 Å². The molecule has 0 saturated carbocycles. The van der Waals surface area contributed by atoms with E-state index in [1.807, 2.05) is 41.3 Å². The maximum Gasteiger partial charge on any atom is 0.265 e. The van der Waals surface area contributed by atoms with Gasteiger partial charge in [-0.05, 0) is 87.3 Å². The molecule has 2 aliphatic rings. The van der Waals surface area contributed by atoms with E-state index >= 15 is 0 Å². The molecule has 0 bridgehead atoms. The quantitative estimate of drug-likeness (QED) is 0.240. The Morgan fingerprint density at radius 1 is 0.895 bits per heavy atom. The third-order valence-corrected chi connectivity index (χ3v) is 8.44. The Labute approximate surface area is 232 Å². The normalized spacial score (nSPS) is 17.4. The third kappa shape index (κ3) is 7.16. The number of hydrogen-bond acceptors (Lipinski definition) is 4. The van der Waals surface area contributed by atoms with Crippen LogP contribution in [0.15, 0.2) is 82.6 Å². The van der Waals surface area contributed by atoms with Crippen molar-refractivity contribution < 1.29 is 4.79 Å². The van der Waals surface area contributed by atoms with E-state index in [0.29, 0.717) is 6.54 Å². The number of likely N-dealkylation sites (tertiary alicyclic amines) is 1. The van der Waals surface area contributed by atoms with Crippen LogP contribution in [0.1, 0.15) is 54.4 Å². The van der Waals surface area contributed by atoms with Gasteiger partial charge >= 0.3 is 0 Å². The van der Waals surface area contributed by atoms with Crippen LogP contribution in [0.25, 0.3) is 6.08 Å². The summed E-state index contributed by atoms with van der Waals surface area (Å²) in [6.45, 7) is 8.19. The van der Waals surface area contributed by atoms with Crippen LogP contribution in [0.5, 0.6) is 0 Å². The van der Waals surface area contributed by atoms with E-state index in [0.717, 1.165) is 39.7 Å². The van der Waals surface area contributed by atoms with E-state index in [1.54, 1.807) is 11.8 Å². The average Bonchev–Trinajstić information content (AvgIpc) is 3.21. The Balaban J connectivity index is 1.30. The maximum atomic E-state index is 13.8. The first-order valence-corrected chi connectivity index (χ1v) is 14.9. The fourth-order valence-corrected chi connectivity index (χ4v) is 6.38. The molecule has 0 aromatic heterocycles. The Hall–Kier alpha value is -2.86. The fourth-order valence-electron chi connectivity index (χ4n) is 5.34. The molecule has 2 aliphatic heterocycles. The minimum absolute atomic E-state index is 0.0652. The highest BCUT2D eigenvalue weighted by atomic mass is 32.2. The van der Waals surface area contributed by atoms with Crippen molar-refractivity contribution in [1.82, 2.24) is 10.2 Å². The summed E-state index contributed by atoms with van der Waals surface area (Å²) in [6.07, 6.45) is 8.66. The Bertz CT molecular complexity index is 1250. The molecule has 1 fully saturated rings. The van der Waals surface area contributed by atoms with Gasteiger partial charge in [0.1, 0.15) is 0 Å². The molecule has 1 saturated heterocycles. The number of anilines is 1. The molecular formula is C33H39N3OS. The predicted octanol–water partition coefficient (Wildman–Crippen LogP) is 7.03. The Morgan fingerprint density at radius 2 is 1.71 bits per heavy atom. The van der Waals surface area contributed by atoms with Crippen LogP contribution in [0, 0.1) is 6.92 Å². The number of aryl methyl sites for hydroxylation is 1. The lowest BCUT2D eigenvalue weighted by atomic mass is 10.1. The number of benzene rings is 3. The van der Waals surface area contributed by atoms with Gasteiger partial charge in [-0.3, -0.25) is 4.79 Å². The van der Waals surface area contributed by atoms with Crippen molar-refractivity contribution in [2.45, 2.75) is 57.0 Å². The van der Waals surface area contributed by atoms with Gasteiger partial charge < -0.3 is 15.1 Å². The van der Waals surface area contributed by atoms with Crippen molar-refractivity contribution in [3.05, 3.63) is 100.0 Å². The molecule has 1 amide bonds. The number of carbonyl (C=O) groups excluding carboxylic acids is 1. The van der Waals surface area contributed by atoms with Gasteiger partial charge in [0.15, 0.2) is 0 Å². The van der Waals surface area contributed by atoms with E-state index in [9.17, 15) is 4.79 Å². The number of thioether (sulfide) groups is 1. The molecule has 4 nitrogen and oxygen atoms in total. The third-order valence-electron chi connectivity index (χ3n) is 7.37. The molecule has 3 aromatic carbocycles. The van der Waals surface area contributed by atoms with Gasteiger partial charge in [0.25, 0.3) is 5.91 Å². The molecule has 198 valence electrons. The van der Waals surface area contributed by atoms with Crippen molar-refractivity contribution in [3.8, 4) is 0 Å². The van der Waals surface area contributed by atoms with Crippen LogP contribution in [0.2, 0.25) is 0 Å². The van der Waals surface area contributed by atoms with E-state index < -0.39 is 0 Å². The fraction of sp³-hybridized carbons (Fsp3) is 0.364. The monoisotopic (exact) mass is 525 g/mol. The molecule has 0 unspecified atom stereocenters. The van der Waals surface area contributed by atoms with Crippen molar-refractivity contribution in [2.75, 3.05) is 31.1 Å². The molecule has 0 atom stereocenters. The minimum Gasteiger partial charge on any atom is -0.313 e. The largest absolute Gasteiger partial charge is 0.313 e. The smallest absolute Gasteiger partial charge is 0.265 e. The van der Waals surface area contributed by atoms with Gasteiger partial charge in [-0.15, -0.1) is 0 Å². The second kappa shape index (κ2) is 13.3. The van der Waals surface area contributed by atoms with Gasteiger partial charge in [0.05, 0.1) is 17.1 Å². The van der Waals surface area contributed by atoms with Gasteiger partial charge in [-0.1, -0.05) is 90.8 Å². The molecule has 3 aromatic rings. The number of carbonyl (C=O) groups is 1. The van der Waals surface area contributed by atoms with Crippen LogP contribution in [-0.4, -0.2) is 37.0 Å². The molecule has 5 heteroatoms. The number of nitrogens with one attached hydrogen (secondary N) is 1. The Morgan fingerprint density at radius 3 is 2.50 bits per heavy atom. The molecular weight excluding hydrogens is 486 g/mol. The molecule has 0 spiro atoms. The second-order valence-electron chi connectivity index (χ2n) is 10.5. The predicted molar refractivity (Wildman–Crippen MR) is 160 cm³/mol. The number of rotatable bonds is 9. The average molecular weight is 526 g/mol. The van der Waals surface area contributed by atoms with Gasteiger partial charge in [-0.2, -0.15) is 0 Å². The summed E-state index contributed by atoms with van der Waals surface area (Å²) >= 11 is 1.58. The summed E-state index contributed by atoms with van der Waals surface area (Å²) in [7, 11) is 0. The molecule has 2 heterocycles. The van der Waals surface area contributed by atoms with E-state index in [1.165, 1.54) is 62.9 Å². The molecule has 1 N–H and O–H groups in total.